The van der Waals surface area contributed by atoms with Crippen LogP contribution in [0.5, 0.6) is 0 Å². The summed E-state index contributed by atoms with van der Waals surface area (Å²) in [6.45, 7) is 0. The summed E-state index contributed by atoms with van der Waals surface area (Å²) in [5.41, 5.74) is 1.02. The Morgan fingerprint density at radius 3 is 2.86 bits per heavy atom. The molecule has 6 heteroatoms. The standard InChI is InChI=1S/C8H7IN4S/c1-14-8-10-11-12-13(8)7-5-3-2-4-6(7)9/h2-5H,1H3. The van der Waals surface area contributed by atoms with Gasteiger partial charge < -0.3 is 0 Å². The van der Waals surface area contributed by atoms with Crippen molar-refractivity contribution in [1.29, 1.82) is 0 Å². The third-order valence-electron chi connectivity index (χ3n) is 1.70. The van der Waals surface area contributed by atoms with Gasteiger partial charge in [0.1, 0.15) is 0 Å². The van der Waals surface area contributed by atoms with Gasteiger partial charge in [0.25, 0.3) is 0 Å². The molecule has 14 heavy (non-hydrogen) atoms. The zero-order valence-electron chi connectivity index (χ0n) is 7.38. The van der Waals surface area contributed by atoms with Crippen molar-refractivity contribution in [2.24, 2.45) is 0 Å². The molecule has 1 heterocycles. The molecule has 1 aromatic carbocycles. The lowest BCUT2D eigenvalue weighted by Gasteiger charge is -2.03. The van der Waals surface area contributed by atoms with Gasteiger partial charge in [-0.25, -0.2) is 0 Å². The van der Waals surface area contributed by atoms with Gasteiger partial charge in [-0.05, 0) is 51.4 Å². The number of thioether (sulfide) groups is 1. The largest absolute Gasteiger partial charge is 0.213 e. The highest BCUT2D eigenvalue weighted by Crippen LogP contribution is 2.19. The second-order valence-electron chi connectivity index (χ2n) is 2.53. The fraction of sp³-hybridized carbons (Fsp3) is 0.125. The second kappa shape index (κ2) is 4.26. The first kappa shape index (κ1) is 9.91. The van der Waals surface area contributed by atoms with Crippen molar-refractivity contribution in [2.75, 3.05) is 6.26 Å². The molecule has 0 bridgehead atoms. The molecular formula is C8H7IN4S. The molecule has 0 unspecified atom stereocenters. The molecule has 0 aliphatic heterocycles. The summed E-state index contributed by atoms with van der Waals surface area (Å²) in [6, 6.07) is 8.00. The molecule has 0 fully saturated rings. The second-order valence-corrected chi connectivity index (χ2v) is 4.46. The summed E-state index contributed by atoms with van der Waals surface area (Å²) < 4.78 is 2.87. The third kappa shape index (κ3) is 1.76. The normalized spacial score (nSPS) is 10.4. The SMILES string of the molecule is CSc1nnnn1-c1ccccc1I. The smallest absolute Gasteiger partial charge is 0.186 e. The van der Waals surface area contributed by atoms with Crippen LogP contribution in [0.2, 0.25) is 0 Å². The van der Waals surface area contributed by atoms with Gasteiger partial charge in [0.05, 0.1) is 5.69 Å². The van der Waals surface area contributed by atoms with Crippen LogP contribution in [0.15, 0.2) is 29.4 Å². The lowest BCUT2D eigenvalue weighted by atomic mass is 10.3. The van der Waals surface area contributed by atoms with E-state index in [0.29, 0.717) is 0 Å². The number of tetrazole rings is 1. The fourth-order valence-electron chi connectivity index (χ4n) is 1.08. The molecule has 0 aliphatic rings. The number of benzene rings is 1. The van der Waals surface area contributed by atoms with Crippen molar-refractivity contribution < 1.29 is 0 Å². The number of rotatable bonds is 2. The highest BCUT2D eigenvalue weighted by molar-refractivity contribution is 14.1. The van der Waals surface area contributed by atoms with E-state index in [-0.39, 0.29) is 0 Å². The topological polar surface area (TPSA) is 43.6 Å². The minimum absolute atomic E-state index is 0.800. The predicted octanol–water partition coefficient (Wildman–Crippen LogP) is 1.99. The zero-order chi connectivity index (χ0) is 9.97. The Labute approximate surface area is 99.2 Å². The van der Waals surface area contributed by atoms with Crippen LogP contribution >= 0.6 is 34.4 Å². The Morgan fingerprint density at radius 1 is 1.36 bits per heavy atom. The number of hydrogen-bond donors (Lipinski definition) is 0. The van der Waals surface area contributed by atoms with E-state index < -0.39 is 0 Å². The summed E-state index contributed by atoms with van der Waals surface area (Å²) in [4.78, 5) is 0. The summed E-state index contributed by atoms with van der Waals surface area (Å²) in [5.74, 6) is 0. The first-order chi connectivity index (χ1) is 6.83. The fourth-order valence-corrected chi connectivity index (χ4v) is 2.12. The van der Waals surface area contributed by atoms with Crippen molar-refractivity contribution in [3.05, 3.63) is 27.8 Å². The monoisotopic (exact) mass is 318 g/mol. The minimum atomic E-state index is 0.800. The van der Waals surface area contributed by atoms with Crippen molar-refractivity contribution in [2.45, 2.75) is 5.16 Å². The molecule has 2 rings (SSSR count). The molecule has 0 saturated carbocycles. The van der Waals surface area contributed by atoms with Crippen molar-refractivity contribution in [1.82, 2.24) is 20.2 Å². The van der Waals surface area contributed by atoms with Gasteiger partial charge in [-0.15, -0.1) is 5.10 Å². The van der Waals surface area contributed by atoms with E-state index in [4.69, 9.17) is 0 Å². The highest BCUT2D eigenvalue weighted by Gasteiger charge is 2.08. The van der Waals surface area contributed by atoms with Gasteiger partial charge in [-0.3, -0.25) is 0 Å². The summed E-state index contributed by atoms with van der Waals surface area (Å²) in [6.07, 6.45) is 1.96. The van der Waals surface area contributed by atoms with Crippen LogP contribution in [0.3, 0.4) is 0 Å². The first-order valence-corrected chi connectivity index (χ1v) is 6.20. The molecule has 0 amide bonds. The Kier molecular flexibility index (Phi) is 3.02. The van der Waals surface area contributed by atoms with Crippen LogP contribution in [0.4, 0.5) is 0 Å². The molecule has 0 aliphatic carbocycles. The quantitative estimate of drug-likeness (QED) is 0.627. The van der Waals surface area contributed by atoms with Crippen LogP contribution in [-0.4, -0.2) is 26.5 Å². The molecule has 2 aromatic rings. The van der Waals surface area contributed by atoms with Crippen LogP contribution in [-0.2, 0) is 0 Å². The third-order valence-corrected chi connectivity index (χ3v) is 3.24. The number of nitrogens with zero attached hydrogens (tertiary/aromatic N) is 4. The van der Waals surface area contributed by atoms with Gasteiger partial charge in [-0.2, -0.15) is 4.68 Å². The minimum Gasteiger partial charge on any atom is -0.186 e. The molecular weight excluding hydrogens is 311 g/mol. The van der Waals surface area contributed by atoms with Crippen molar-refractivity contribution >= 4 is 34.4 Å². The van der Waals surface area contributed by atoms with Crippen LogP contribution in [0.25, 0.3) is 5.69 Å². The molecule has 4 nitrogen and oxygen atoms in total. The highest BCUT2D eigenvalue weighted by atomic mass is 127. The predicted molar refractivity (Wildman–Crippen MR) is 63.7 cm³/mol. The van der Waals surface area contributed by atoms with E-state index in [0.717, 1.165) is 14.4 Å². The average molecular weight is 318 g/mol. The van der Waals surface area contributed by atoms with Crippen LogP contribution in [0.1, 0.15) is 0 Å². The molecule has 0 radical (unpaired) electrons. The van der Waals surface area contributed by atoms with E-state index in [1.165, 1.54) is 11.8 Å². The zero-order valence-corrected chi connectivity index (χ0v) is 10.4. The van der Waals surface area contributed by atoms with Crippen molar-refractivity contribution in [3.63, 3.8) is 0 Å². The molecule has 0 atom stereocenters. The van der Waals surface area contributed by atoms with Gasteiger partial charge in [0.2, 0.25) is 5.16 Å². The number of halogens is 1. The molecule has 72 valence electrons. The summed E-state index contributed by atoms with van der Waals surface area (Å²) in [5, 5.41) is 12.3. The lowest BCUT2D eigenvalue weighted by molar-refractivity contribution is 0.754. The van der Waals surface area contributed by atoms with E-state index in [2.05, 4.69) is 38.1 Å². The molecule has 0 N–H and O–H groups in total. The Bertz CT molecular complexity index is 442. The van der Waals surface area contributed by atoms with Gasteiger partial charge in [0.15, 0.2) is 0 Å². The Hall–Kier alpha value is -0.630. The van der Waals surface area contributed by atoms with Gasteiger partial charge >= 0.3 is 0 Å². The maximum Gasteiger partial charge on any atom is 0.213 e. The van der Waals surface area contributed by atoms with Gasteiger partial charge in [-0.1, -0.05) is 23.9 Å². The molecule has 0 spiro atoms. The van der Waals surface area contributed by atoms with E-state index >= 15 is 0 Å². The Balaban J connectivity index is 2.54. The molecule has 0 saturated heterocycles. The molecule has 1 aromatic heterocycles. The van der Waals surface area contributed by atoms with Crippen molar-refractivity contribution in [3.8, 4) is 5.69 Å². The van der Waals surface area contributed by atoms with E-state index in [9.17, 15) is 0 Å². The van der Waals surface area contributed by atoms with Crippen LogP contribution < -0.4 is 0 Å². The number of aromatic nitrogens is 4. The Morgan fingerprint density at radius 2 is 2.14 bits per heavy atom. The van der Waals surface area contributed by atoms with E-state index in [1.54, 1.807) is 4.68 Å². The number of hydrogen-bond acceptors (Lipinski definition) is 4. The lowest BCUT2D eigenvalue weighted by Crippen LogP contribution is -2.00. The maximum absolute atomic E-state index is 3.95. The first-order valence-electron chi connectivity index (χ1n) is 3.90. The summed E-state index contributed by atoms with van der Waals surface area (Å²) >= 11 is 3.80. The summed E-state index contributed by atoms with van der Waals surface area (Å²) in [7, 11) is 0. The van der Waals surface area contributed by atoms with Crippen LogP contribution in [0, 0.1) is 3.57 Å². The number of para-hydroxylation sites is 1. The van der Waals surface area contributed by atoms with E-state index in [1.807, 2.05) is 30.5 Å². The average Bonchev–Trinajstić information content (AvgIpc) is 2.66. The van der Waals surface area contributed by atoms with Gasteiger partial charge in [0, 0.05) is 3.57 Å². The maximum atomic E-state index is 3.95.